The average molecular weight is 286 g/mol. The van der Waals surface area contributed by atoms with E-state index in [1.54, 1.807) is 0 Å². The van der Waals surface area contributed by atoms with E-state index in [-0.39, 0.29) is 0 Å². The molecule has 0 saturated carbocycles. The van der Waals surface area contributed by atoms with Crippen molar-refractivity contribution in [3.05, 3.63) is 0 Å². The predicted octanol–water partition coefficient (Wildman–Crippen LogP) is 5.06. The molecule has 0 unspecified atom stereocenters. The fourth-order valence-corrected chi connectivity index (χ4v) is 62.5. The van der Waals surface area contributed by atoms with E-state index in [4.69, 9.17) is 19.4 Å². The number of hydrogen-bond donors (Lipinski definition) is 0. The number of rotatable bonds is 0. The zero-order chi connectivity index (χ0) is 7.97. The first-order valence-electron chi connectivity index (χ1n) is 4.14. The SMILES string of the molecule is [Cl][Rh]1234([Cl])([CH2][CH2]1)([CH2][CH2]2)([CH2][CH2]3)[CH2][CH2]4. The molecule has 0 aliphatic carbocycles. The van der Waals surface area contributed by atoms with Crippen LogP contribution >= 0.6 is 19.4 Å². The molecule has 0 atom stereocenters. The number of hydrogen-bond acceptors (Lipinski definition) is 0. The summed E-state index contributed by atoms with van der Waals surface area (Å²) in [6.07, 6.45) is 0. The molecule has 0 aromatic carbocycles. The van der Waals surface area contributed by atoms with Crippen molar-refractivity contribution in [3.63, 3.8) is 0 Å². The van der Waals surface area contributed by atoms with Gasteiger partial charge in [-0.1, -0.05) is 0 Å². The monoisotopic (exact) mass is 285 g/mol. The summed E-state index contributed by atoms with van der Waals surface area (Å²) in [4.78, 5) is 0. The minimum atomic E-state index is -4.20. The first kappa shape index (κ1) is 6.63. The third-order valence-electron chi connectivity index (χ3n) is 7.33. The molecule has 4 aliphatic rings. The molecule has 0 nitrogen and oxygen atoms in total. The van der Waals surface area contributed by atoms with Crippen LogP contribution in [-0.4, -0.2) is 0 Å². The fourth-order valence-electron chi connectivity index (χ4n) is 3.11. The first-order chi connectivity index (χ1) is 4.42. The molecule has 3 heteroatoms. The summed E-state index contributed by atoms with van der Waals surface area (Å²) in [6, 6.07) is 0. The molecular weight excluding hydrogens is 270 g/mol. The third-order valence-corrected chi connectivity index (χ3v) is 55.3. The van der Waals surface area contributed by atoms with E-state index < -0.39 is 5.74 Å². The van der Waals surface area contributed by atoms with Crippen molar-refractivity contribution < 1.29 is 5.74 Å². The van der Waals surface area contributed by atoms with Gasteiger partial charge in [0, 0.05) is 0 Å². The van der Waals surface area contributed by atoms with Gasteiger partial charge in [-0.05, 0) is 0 Å². The maximum absolute atomic E-state index is 7.40. The van der Waals surface area contributed by atoms with E-state index in [0.29, 0.717) is 0 Å². The number of halogens is 2. The second-order valence-corrected chi connectivity index (χ2v) is 63.3. The normalized spacial score (nSPS) is 90.7. The molecule has 0 aromatic rings. The topological polar surface area (TPSA) is 0 Å². The van der Waals surface area contributed by atoms with Crippen LogP contribution in [0.1, 0.15) is 0 Å². The minimum absolute atomic E-state index is 1.23. The van der Waals surface area contributed by atoms with Crippen LogP contribution in [-0.2, 0) is 5.74 Å². The molecule has 4 aliphatic heterocycles. The molecule has 4 saturated heterocycles. The van der Waals surface area contributed by atoms with Gasteiger partial charge in [0.1, 0.15) is 0 Å². The summed E-state index contributed by atoms with van der Waals surface area (Å²) in [5.74, 6) is 0. The van der Waals surface area contributed by atoms with E-state index in [1.165, 1.54) is 40.1 Å². The Morgan fingerprint density at radius 1 is 0.545 bits per heavy atom. The quantitative estimate of drug-likeness (QED) is 0.546. The van der Waals surface area contributed by atoms with Gasteiger partial charge in [0.05, 0.1) is 0 Å². The molecule has 4 heterocycles. The van der Waals surface area contributed by atoms with Crippen LogP contribution in [0, 0.1) is 0 Å². The van der Waals surface area contributed by atoms with E-state index in [0.717, 1.165) is 0 Å². The maximum atomic E-state index is 7.40. The van der Waals surface area contributed by atoms with E-state index in [9.17, 15) is 0 Å². The van der Waals surface area contributed by atoms with Gasteiger partial charge in [-0.2, -0.15) is 0 Å². The van der Waals surface area contributed by atoms with Crippen LogP contribution in [0.3, 0.4) is 0 Å². The molecule has 11 heavy (non-hydrogen) atoms. The van der Waals surface area contributed by atoms with Crippen LogP contribution in [0.25, 0.3) is 0 Å². The van der Waals surface area contributed by atoms with Gasteiger partial charge in [-0.3, -0.25) is 0 Å². The van der Waals surface area contributed by atoms with E-state index in [2.05, 4.69) is 0 Å². The average Bonchev–Trinajstić information content (AvgIpc) is 2.88. The van der Waals surface area contributed by atoms with E-state index >= 15 is 0 Å². The van der Waals surface area contributed by atoms with Crippen molar-refractivity contribution in [2.45, 2.75) is 40.1 Å². The van der Waals surface area contributed by atoms with Gasteiger partial charge >= 0.3 is 65.2 Å². The van der Waals surface area contributed by atoms with Gasteiger partial charge < -0.3 is 0 Å². The second kappa shape index (κ2) is 0.397. The standard InChI is InChI=1S/4C2H4.2ClH.Rh/c4*1-2;;;/h4*1-2H2;2*1H;/q;;;;;;+2/p-2. The first-order valence-corrected chi connectivity index (χ1v) is 17.6. The third kappa shape index (κ3) is 0.198. The summed E-state index contributed by atoms with van der Waals surface area (Å²) in [6.45, 7) is 0. The van der Waals surface area contributed by atoms with Crippen LogP contribution in [0.2, 0.25) is 40.1 Å². The van der Waals surface area contributed by atoms with Crippen LogP contribution in [0.5, 0.6) is 0 Å². The summed E-state index contributed by atoms with van der Waals surface area (Å²) in [7, 11) is 14.8. The van der Waals surface area contributed by atoms with Gasteiger partial charge in [0.2, 0.25) is 0 Å². The van der Waals surface area contributed by atoms with Crippen molar-refractivity contribution >= 4 is 19.4 Å². The van der Waals surface area contributed by atoms with Gasteiger partial charge in [0.25, 0.3) is 0 Å². The summed E-state index contributed by atoms with van der Waals surface area (Å²) >= 11 is 0. The summed E-state index contributed by atoms with van der Waals surface area (Å²) < 4.78 is 0. The zero-order valence-corrected chi connectivity index (χ0v) is 9.90. The molecule has 0 radical (unpaired) electrons. The van der Waals surface area contributed by atoms with Crippen molar-refractivity contribution in [3.8, 4) is 0 Å². The predicted molar refractivity (Wildman–Crippen MR) is 50.2 cm³/mol. The van der Waals surface area contributed by atoms with Crippen molar-refractivity contribution in [2.75, 3.05) is 0 Å². The van der Waals surface area contributed by atoms with Gasteiger partial charge in [0.15, 0.2) is 0 Å². The second-order valence-electron chi connectivity index (χ2n) is 7.47. The molecule has 0 bridgehead atoms. The van der Waals surface area contributed by atoms with E-state index in [1.807, 2.05) is 0 Å². The van der Waals surface area contributed by atoms with Gasteiger partial charge in [-0.15, -0.1) is 0 Å². The molecule has 0 amide bonds. The summed E-state index contributed by atoms with van der Waals surface area (Å²) in [5.41, 5.74) is -4.20. The molecule has 71 valence electrons. The molecular formula is C8H16Cl2Rh. The Morgan fingerprint density at radius 2 is 0.727 bits per heavy atom. The Morgan fingerprint density at radius 3 is 0.727 bits per heavy atom. The molecule has 4 rings (SSSR count). The van der Waals surface area contributed by atoms with Gasteiger partial charge in [-0.25, -0.2) is 0 Å². The Kier molecular flexibility index (Phi) is 0.239. The Hall–Kier alpha value is 1.20. The zero-order valence-electron chi connectivity index (χ0n) is 6.75. The molecule has 0 aromatic heterocycles. The van der Waals surface area contributed by atoms with Crippen LogP contribution < -0.4 is 0 Å². The molecule has 4 fully saturated rings. The van der Waals surface area contributed by atoms with Crippen molar-refractivity contribution in [2.24, 2.45) is 0 Å². The van der Waals surface area contributed by atoms with Crippen LogP contribution in [0.4, 0.5) is 0 Å². The Balaban J connectivity index is 2.70. The summed E-state index contributed by atoms with van der Waals surface area (Å²) in [5, 5.41) is 9.87. The molecule has 0 N–H and O–H groups in total. The Labute approximate surface area is 65.1 Å². The molecule has 1 spiro atoms. The van der Waals surface area contributed by atoms with Crippen molar-refractivity contribution in [1.82, 2.24) is 0 Å². The fraction of sp³-hybridized carbons (Fsp3) is 1.00. The van der Waals surface area contributed by atoms with Crippen molar-refractivity contribution in [1.29, 1.82) is 0 Å². The Bertz CT molecular complexity index is 397. The van der Waals surface area contributed by atoms with Crippen LogP contribution in [0.15, 0.2) is 0 Å².